The van der Waals surface area contributed by atoms with Gasteiger partial charge in [-0.2, -0.15) is 9.13 Å². The van der Waals surface area contributed by atoms with Crippen LogP contribution in [0.2, 0.25) is 0 Å². The predicted molar refractivity (Wildman–Crippen MR) is 212 cm³/mol. The second-order valence-corrected chi connectivity index (χ2v) is 14.5. The zero-order valence-corrected chi connectivity index (χ0v) is 34.4. The monoisotopic (exact) mass is 850 g/mol. The van der Waals surface area contributed by atoms with Gasteiger partial charge in [-0.1, -0.05) is 49.9 Å². The smallest absolute Gasteiger partial charge is 0.214 e. The van der Waals surface area contributed by atoms with Gasteiger partial charge in [-0.15, -0.1) is 0 Å². The van der Waals surface area contributed by atoms with Crippen molar-refractivity contribution in [3.8, 4) is 11.5 Å². The molecule has 54 heavy (non-hydrogen) atoms. The number of hydrogen-bond donors (Lipinski definition) is 0. The number of nitrogens with zero attached hydrogens (tertiary/aromatic N) is 4. The summed E-state index contributed by atoms with van der Waals surface area (Å²) in [5.41, 5.74) is 7.79. The number of para-hydroxylation sites is 2. The Bertz CT molecular complexity index is 1920. The van der Waals surface area contributed by atoms with Crippen molar-refractivity contribution < 1.29 is 52.6 Å². The number of aromatic nitrogens is 2. The van der Waals surface area contributed by atoms with Gasteiger partial charge in [-0.05, 0) is 86.3 Å². The van der Waals surface area contributed by atoms with Crippen molar-refractivity contribution in [2.45, 2.75) is 64.5 Å². The van der Waals surface area contributed by atoms with E-state index in [0.29, 0.717) is 13.2 Å². The average Bonchev–Trinajstić information content (AvgIpc) is 3.65. The van der Waals surface area contributed by atoms with Crippen LogP contribution < -0.4 is 62.4 Å². The minimum atomic E-state index is 0. The molecule has 2 aromatic heterocycles. The van der Waals surface area contributed by atoms with E-state index in [-0.39, 0.29) is 34.0 Å². The van der Waals surface area contributed by atoms with Gasteiger partial charge < -0.3 is 53.2 Å². The second kappa shape index (κ2) is 19.4. The Morgan fingerprint density at radius 3 is 1.19 bits per heavy atom. The number of rotatable bonds is 11. The van der Waals surface area contributed by atoms with Crippen LogP contribution in [0.1, 0.15) is 62.5 Å². The van der Waals surface area contributed by atoms with Crippen LogP contribution in [0.5, 0.6) is 11.5 Å². The van der Waals surface area contributed by atoms with Gasteiger partial charge in [0.05, 0.1) is 22.1 Å². The normalized spacial score (nSPS) is 14.8. The fourth-order valence-corrected chi connectivity index (χ4v) is 8.09. The third-order valence-electron chi connectivity index (χ3n) is 10.9. The molecule has 0 radical (unpaired) electrons. The van der Waals surface area contributed by atoms with Crippen LogP contribution >= 0.6 is 0 Å². The number of pyridine rings is 2. The molecule has 0 saturated carbocycles. The summed E-state index contributed by atoms with van der Waals surface area (Å²) in [6.07, 6.45) is 15.0. The van der Waals surface area contributed by atoms with E-state index in [4.69, 9.17) is 9.47 Å². The summed E-state index contributed by atoms with van der Waals surface area (Å²) in [4.78, 5) is 5.17. The first-order valence-corrected chi connectivity index (χ1v) is 19.5. The molecule has 6 nitrogen and oxygen atoms in total. The van der Waals surface area contributed by atoms with Crippen LogP contribution in [0.4, 0.5) is 11.4 Å². The number of halogens is 2. The van der Waals surface area contributed by atoms with E-state index in [0.717, 1.165) is 50.8 Å². The van der Waals surface area contributed by atoms with Crippen LogP contribution in [0.25, 0.3) is 21.8 Å². The van der Waals surface area contributed by atoms with Crippen LogP contribution in [-0.4, -0.2) is 39.4 Å². The molecule has 0 bridgehead atoms. The quantitative estimate of drug-likeness (QED) is 0.149. The van der Waals surface area contributed by atoms with E-state index in [9.17, 15) is 0 Å². The zero-order chi connectivity index (χ0) is 35.0. The summed E-state index contributed by atoms with van der Waals surface area (Å²) >= 11 is 0. The Balaban J connectivity index is 0.00000249. The molecule has 0 aliphatic carbocycles. The molecule has 2 aliphatic heterocycles. The molecule has 2 aliphatic rings. The maximum Gasteiger partial charge on any atom is 0.214 e. The molecule has 0 atom stereocenters. The summed E-state index contributed by atoms with van der Waals surface area (Å²) in [7, 11) is 0. The van der Waals surface area contributed by atoms with Crippen LogP contribution in [0.3, 0.4) is 0 Å². The molecule has 4 heterocycles. The first-order chi connectivity index (χ1) is 25.8. The highest BCUT2D eigenvalue weighted by Crippen LogP contribution is 2.29. The lowest BCUT2D eigenvalue weighted by Gasteiger charge is -2.23. The van der Waals surface area contributed by atoms with Crippen molar-refractivity contribution >= 4 is 33.2 Å². The first-order valence-electron chi connectivity index (χ1n) is 19.5. The lowest BCUT2D eigenvalue weighted by molar-refractivity contribution is -0.662. The zero-order valence-electron chi connectivity index (χ0n) is 31.2. The van der Waals surface area contributed by atoms with Gasteiger partial charge in [0.15, 0.2) is 25.5 Å². The minimum Gasteiger partial charge on any atom is -1.00 e. The molecule has 0 unspecified atom stereocenters. The highest BCUT2D eigenvalue weighted by atomic mass is 79.9. The van der Waals surface area contributed by atoms with E-state index >= 15 is 0 Å². The fraction of sp³-hybridized carbons (Fsp3) is 0.348. The van der Waals surface area contributed by atoms with Crippen LogP contribution in [0, 0.1) is 0 Å². The molecule has 8 rings (SSSR count). The minimum absolute atomic E-state index is 0. The van der Waals surface area contributed by atoms with E-state index in [1.807, 2.05) is 0 Å². The molecular formula is C46H52Br2N4O2. The number of hydrogen-bond acceptors (Lipinski definition) is 4. The third kappa shape index (κ3) is 9.56. The maximum absolute atomic E-state index is 6.06. The van der Waals surface area contributed by atoms with Crippen molar-refractivity contribution in [1.29, 1.82) is 0 Å². The lowest BCUT2D eigenvalue weighted by atomic mass is 10.1. The standard InChI is InChI=1S/C46H52N4O2.2BrH/c1-2-10-28-47(27-9-1)45-25-31-49(43-15-7-5-13-41(43)45)35-37-17-21-39(22-18-37)51-33-34-52-40-23-19-38(20-24-40)36-50-32-26-46(42-14-6-8-16-44(42)50)48-29-11-3-4-12-30-48;;/h5-8,13-26,31-32H,1-4,9-12,27-30,33-36H2;2*1H/q+2;;/p-2. The maximum atomic E-state index is 6.06. The van der Waals surface area contributed by atoms with Crippen LogP contribution in [-0.2, 0) is 13.1 Å². The summed E-state index contributed by atoms with van der Waals surface area (Å²) < 4.78 is 16.8. The van der Waals surface area contributed by atoms with Gasteiger partial charge in [-0.3, -0.25) is 0 Å². The van der Waals surface area contributed by atoms with E-state index < -0.39 is 0 Å². The van der Waals surface area contributed by atoms with Gasteiger partial charge in [0.2, 0.25) is 11.0 Å². The summed E-state index contributed by atoms with van der Waals surface area (Å²) in [5.74, 6) is 1.72. The molecule has 6 aromatic rings. The van der Waals surface area contributed by atoms with Gasteiger partial charge in [0.25, 0.3) is 0 Å². The molecule has 0 N–H and O–H groups in total. The van der Waals surface area contributed by atoms with Gasteiger partial charge in [0, 0.05) is 61.6 Å². The Hall–Kier alpha value is -4.14. The second-order valence-electron chi connectivity index (χ2n) is 14.5. The molecule has 4 aromatic carbocycles. The van der Waals surface area contributed by atoms with Crippen molar-refractivity contribution in [2.24, 2.45) is 0 Å². The van der Waals surface area contributed by atoms with Gasteiger partial charge in [0.1, 0.15) is 24.7 Å². The Morgan fingerprint density at radius 2 is 0.796 bits per heavy atom. The predicted octanol–water partition coefficient (Wildman–Crippen LogP) is 2.89. The molecular weight excluding hydrogens is 800 g/mol. The van der Waals surface area contributed by atoms with Crippen molar-refractivity contribution in [2.75, 3.05) is 49.2 Å². The van der Waals surface area contributed by atoms with Crippen molar-refractivity contribution in [3.63, 3.8) is 0 Å². The highest BCUT2D eigenvalue weighted by Gasteiger charge is 2.20. The van der Waals surface area contributed by atoms with E-state index in [1.165, 1.54) is 95.7 Å². The SMILES string of the molecule is [Br-].[Br-].c1ccc2c(c1)c(N1CCCCCC1)cc[n+]2Cc1ccc(OCCOc2ccc(C[n+]3ccc(N4CCCCCC4)c4ccccc43)cc2)cc1. The van der Waals surface area contributed by atoms with E-state index in [2.05, 4.69) is 141 Å². The molecule has 2 fully saturated rings. The third-order valence-corrected chi connectivity index (χ3v) is 10.9. The van der Waals surface area contributed by atoms with Gasteiger partial charge >= 0.3 is 0 Å². The number of anilines is 2. The highest BCUT2D eigenvalue weighted by molar-refractivity contribution is 5.90. The van der Waals surface area contributed by atoms with Crippen LogP contribution in [0.15, 0.2) is 122 Å². The Kier molecular flexibility index (Phi) is 14.2. The van der Waals surface area contributed by atoms with Crippen molar-refractivity contribution in [1.82, 2.24) is 0 Å². The first kappa shape index (κ1) is 39.6. The van der Waals surface area contributed by atoms with Gasteiger partial charge in [-0.25, -0.2) is 0 Å². The largest absolute Gasteiger partial charge is 1.00 e. The molecule has 282 valence electrons. The molecule has 0 amide bonds. The Labute approximate surface area is 341 Å². The topological polar surface area (TPSA) is 32.7 Å². The van der Waals surface area contributed by atoms with Crippen molar-refractivity contribution in [3.05, 3.63) is 133 Å². The number of ether oxygens (including phenoxy) is 2. The summed E-state index contributed by atoms with van der Waals surface area (Å²) in [5, 5.41) is 2.67. The number of benzene rings is 4. The summed E-state index contributed by atoms with van der Waals surface area (Å²) in [6, 6.07) is 39.3. The number of fused-ring (bicyclic) bond motifs is 2. The Morgan fingerprint density at radius 1 is 0.426 bits per heavy atom. The molecule has 8 heteroatoms. The summed E-state index contributed by atoms with van der Waals surface area (Å²) in [6.45, 7) is 7.22. The average molecular weight is 853 g/mol. The molecule has 2 saturated heterocycles. The van der Waals surface area contributed by atoms with E-state index in [1.54, 1.807) is 0 Å². The fourth-order valence-electron chi connectivity index (χ4n) is 8.09. The molecule has 0 spiro atoms. The lowest BCUT2D eigenvalue weighted by Crippen LogP contribution is -3.00.